The predicted octanol–water partition coefficient (Wildman–Crippen LogP) is 1.85. The molecular weight excluding hydrogens is 246 g/mol. The quantitative estimate of drug-likeness (QED) is 0.795. The van der Waals surface area contributed by atoms with Gasteiger partial charge in [-0.05, 0) is 24.1 Å². The molecular formula is C14H19NO4. The minimum Gasteiger partial charge on any atom is -0.469 e. The van der Waals surface area contributed by atoms with E-state index >= 15 is 0 Å². The number of nitrogens with one attached hydrogen (secondary N) is 1. The van der Waals surface area contributed by atoms with E-state index < -0.39 is 0 Å². The Morgan fingerprint density at radius 3 is 2.95 bits per heavy atom. The first kappa shape index (κ1) is 13.7. The van der Waals surface area contributed by atoms with E-state index in [4.69, 9.17) is 9.47 Å². The summed E-state index contributed by atoms with van der Waals surface area (Å²) in [6.45, 7) is 3.01. The Labute approximate surface area is 112 Å². The van der Waals surface area contributed by atoms with Gasteiger partial charge in [0.05, 0.1) is 13.5 Å². The molecule has 0 aromatic heterocycles. The van der Waals surface area contributed by atoms with Crippen molar-refractivity contribution in [3.05, 3.63) is 23.8 Å². The Morgan fingerprint density at radius 1 is 1.42 bits per heavy atom. The highest BCUT2D eigenvalue weighted by atomic mass is 16.7. The SMILES string of the molecule is CCC(CC(=O)OC)NCc1ccc2c(c1)OCO2. The first-order chi connectivity index (χ1) is 9.22. The highest BCUT2D eigenvalue weighted by molar-refractivity contribution is 5.69. The van der Waals surface area contributed by atoms with Gasteiger partial charge in [-0.1, -0.05) is 13.0 Å². The van der Waals surface area contributed by atoms with Gasteiger partial charge >= 0.3 is 5.97 Å². The van der Waals surface area contributed by atoms with Crippen molar-refractivity contribution in [1.29, 1.82) is 0 Å². The Morgan fingerprint density at radius 2 is 2.21 bits per heavy atom. The van der Waals surface area contributed by atoms with Crippen LogP contribution in [0.25, 0.3) is 0 Å². The molecule has 0 saturated carbocycles. The lowest BCUT2D eigenvalue weighted by Gasteiger charge is -2.15. The van der Waals surface area contributed by atoms with Crippen LogP contribution >= 0.6 is 0 Å². The first-order valence-electron chi connectivity index (χ1n) is 6.41. The third-order valence-electron chi connectivity index (χ3n) is 3.17. The van der Waals surface area contributed by atoms with Gasteiger partial charge in [0.1, 0.15) is 0 Å². The zero-order chi connectivity index (χ0) is 13.7. The molecule has 0 fully saturated rings. The van der Waals surface area contributed by atoms with Gasteiger partial charge in [0.2, 0.25) is 6.79 Å². The van der Waals surface area contributed by atoms with Gasteiger partial charge in [0.15, 0.2) is 11.5 Å². The van der Waals surface area contributed by atoms with Crippen LogP contribution in [0.3, 0.4) is 0 Å². The minimum absolute atomic E-state index is 0.123. The van der Waals surface area contributed by atoms with Gasteiger partial charge in [0.25, 0.3) is 0 Å². The topological polar surface area (TPSA) is 56.8 Å². The maximum Gasteiger partial charge on any atom is 0.307 e. The van der Waals surface area contributed by atoms with E-state index in [2.05, 4.69) is 10.1 Å². The van der Waals surface area contributed by atoms with Crippen molar-refractivity contribution in [1.82, 2.24) is 5.32 Å². The van der Waals surface area contributed by atoms with Crippen LogP contribution in [0, 0.1) is 0 Å². The van der Waals surface area contributed by atoms with Gasteiger partial charge in [-0.25, -0.2) is 0 Å². The summed E-state index contributed by atoms with van der Waals surface area (Å²) in [5.74, 6) is 1.37. The Balaban J connectivity index is 1.88. The van der Waals surface area contributed by atoms with Crippen molar-refractivity contribution in [2.75, 3.05) is 13.9 Å². The van der Waals surface area contributed by atoms with E-state index in [0.717, 1.165) is 23.5 Å². The number of hydrogen-bond acceptors (Lipinski definition) is 5. The van der Waals surface area contributed by atoms with E-state index in [1.54, 1.807) is 0 Å². The summed E-state index contributed by atoms with van der Waals surface area (Å²) >= 11 is 0. The van der Waals surface area contributed by atoms with Crippen LogP contribution in [0.5, 0.6) is 11.5 Å². The Hall–Kier alpha value is -1.75. The standard InChI is InChI=1S/C14H19NO4/c1-3-11(7-14(16)17-2)15-8-10-4-5-12-13(6-10)19-9-18-12/h4-6,11,15H,3,7-9H2,1-2H3. The van der Waals surface area contributed by atoms with Gasteiger partial charge in [-0.15, -0.1) is 0 Å². The largest absolute Gasteiger partial charge is 0.469 e. The number of esters is 1. The van der Waals surface area contributed by atoms with Gasteiger partial charge in [-0.3, -0.25) is 4.79 Å². The molecule has 1 heterocycles. The number of carbonyl (C=O) groups excluding carboxylic acids is 1. The maximum atomic E-state index is 11.2. The monoisotopic (exact) mass is 265 g/mol. The number of ether oxygens (including phenoxy) is 3. The van der Waals surface area contributed by atoms with Crippen LogP contribution in [0.4, 0.5) is 0 Å². The van der Waals surface area contributed by atoms with Crippen molar-refractivity contribution in [3.8, 4) is 11.5 Å². The van der Waals surface area contributed by atoms with E-state index in [1.807, 2.05) is 25.1 Å². The summed E-state index contributed by atoms with van der Waals surface area (Å²) < 4.78 is 15.3. The summed E-state index contributed by atoms with van der Waals surface area (Å²) in [5.41, 5.74) is 1.10. The fourth-order valence-corrected chi connectivity index (χ4v) is 1.96. The molecule has 1 aromatic rings. The average Bonchev–Trinajstić information content (AvgIpc) is 2.90. The van der Waals surface area contributed by atoms with Crippen molar-refractivity contribution in [2.24, 2.45) is 0 Å². The molecule has 1 N–H and O–H groups in total. The fraction of sp³-hybridized carbons (Fsp3) is 0.500. The van der Waals surface area contributed by atoms with Crippen LogP contribution in [-0.4, -0.2) is 25.9 Å². The molecule has 19 heavy (non-hydrogen) atoms. The van der Waals surface area contributed by atoms with Crippen molar-refractivity contribution < 1.29 is 19.0 Å². The molecule has 1 unspecified atom stereocenters. The normalized spacial score (nSPS) is 14.2. The molecule has 1 aromatic carbocycles. The number of fused-ring (bicyclic) bond motifs is 1. The highest BCUT2D eigenvalue weighted by Crippen LogP contribution is 2.32. The van der Waals surface area contributed by atoms with Crippen molar-refractivity contribution >= 4 is 5.97 Å². The molecule has 0 amide bonds. The van der Waals surface area contributed by atoms with Crippen LogP contribution in [0.2, 0.25) is 0 Å². The molecule has 104 valence electrons. The molecule has 5 heteroatoms. The van der Waals surface area contributed by atoms with E-state index in [9.17, 15) is 4.79 Å². The van der Waals surface area contributed by atoms with Crippen LogP contribution in [0.1, 0.15) is 25.3 Å². The van der Waals surface area contributed by atoms with E-state index in [0.29, 0.717) is 13.0 Å². The summed E-state index contributed by atoms with van der Waals surface area (Å²) in [6.07, 6.45) is 1.26. The Kier molecular flexibility index (Phi) is 4.63. The van der Waals surface area contributed by atoms with Gasteiger partial charge < -0.3 is 19.5 Å². The van der Waals surface area contributed by atoms with Crippen molar-refractivity contribution in [2.45, 2.75) is 32.4 Å². The number of hydrogen-bond donors (Lipinski definition) is 1. The molecule has 1 aliphatic heterocycles. The third-order valence-corrected chi connectivity index (χ3v) is 3.17. The number of benzene rings is 1. The van der Waals surface area contributed by atoms with Crippen LogP contribution in [0.15, 0.2) is 18.2 Å². The molecule has 2 rings (SSSR count). The fourth-order valence-electron chi connectivity index (χ4n) is 1.96. The predicted molar refractivity (Wildman–Crippen MR) is 70.1 cm³/mol. The van der Waals surface area contributed by atoms with Gasteiger partial charge in [-0.2, -0.15) is 0 Å². The van der Waals surface area contributed by atoms with E-state index in [-0.39, 0.29) is 18.8 Å². The molecule has 1 atom stereocenters. The lowest BCUT2D eigenvalue weighted by atomic mass is 10.1. The highest BCUT2D eigenvalue weighted by Gasteiger charge is 2.15. The molecule has 5 nitrogen and oxygen atoms in total. The van der Waals surface area contributed by atoms with E-state index in [1.165, 1.54) is 7.11 Å². The van der Waals surface area contributed by atoms with Gasteiger partial charge in [0, 0.05) is 12.6 Å². The molecule has 0 radical (unpaired) electrons. The van der Waals surface area contributed by atoms with Crippen LogP contribution < -0.4 is 14.8 Å². The lowest BCUT2D eigenvalue weighted by molar-refractivity contribution is -0.141. The van der Waals surface area contributed by atoms with Crippen molar-refractivity contribution in [3.63, 3.8) is 0 Å². The second-order valence-corrected chi connectivity index (χ2v) is 4.45. The summed E-state index contributed by atoms with van der Waals surface area (Å²) in [7, 11) is 1.41. The number of rotatable bonds is 6. The molecule has 0 saturated heterocycles. The summed E-state index contributed by atoms with van der Waals surface area (Å²) in [5, 5.41) is 3.34. The maximum absolute atomic E-state index is 11.2. The molecule has 0 spiro atoms. The number of carbonyl (C=O) groups is 1. The second-order valence-electron chi connectivity index (χ2n) is 4.45. The molecule has 1 aliphatic rings. The lowest BCUT2D eigenvalue weighted by Crippen LogP contribution is -2.30. The zero-order valence-corrected chi connectivity index (χ0v) is 11.3. The average molecular weight is 265 g/mol. The zero-order valence-electron chi connectivity index (χ0n) is 11.3. The summed E-state index contributed by atoms with van der Waals surface area (Å²) in [6, 6.07) is 5.98. The smallest absolute Gasteiger partial charge is 0.307 e. The summed E-state index contributed by atoms with van der Waals surface area (Å²) in [4.78, 5) is 11.2. The number of methoxy groups -OCH3 is 1. The van der Waals surface area contributed by atoms with Crippen LogP contribution in [-0.2, 0) is 16.1 Å². The third kappa shape index (κ3) is 3.61. The Bertz CT molecular complexity index is 447. The second kappa shape index (κ2) is 6.43. The molecule has 0 bridgehead atoms. The minimum atomic E-state index is -0.190. The molecule has 0 aliphatic carbocycles. The first-order valence-corrected chi connectivity index (χ1v) is 6.41.